The van der Waals surface area contributed by atoms with Gasteiger partial charge < -0.3 is 10.2 Å². The van der Waals surface area contributed by atoms with Gasteiger partial charge >= 0.3 is 0 Å². The molecule has 0 aliphatic carbocycles. The van der Waals surface area contributed by atoms with Gasteiger partial charge in [0, 0.05) is 19.2 Å². The highest BCUT2D eigenvalue weighted by atomic mass is 32.1. The fourth-order valence-corrected chi connectivity index (χ4v) is 4.66. The lowest BCUT2D eigenvalue weighted by atomic mass is 10.2. The Bertz CT molecular complexity index is 1250. The van der Waals surface area contributed by atoms with Crippen molar-refractivity contribution >= 4 is 34.5 Å². The summed E-state index contributed by atoms with van der Waals surface area (Å²) in [7, 11) is 0. The molecule has 1 aliphatic rings. The number of aromatic nitrogens is 2. The molecule has 0 unspecified atom stereocenters. The van der Waals surface area contributed by atoms with E-state index in [-0.39, 0.29) is 11.8 Å². The summed E-state index contributed by atoms with van der Waals surface area (Å²) in [5.74, 6) is -0.159. The number of anilines is 2. The Kier molecular flexibility index (Phi) is 5.56. The normalized spacial score (nSPS) is 13.5. The summed E-state index contributed by atoms with van der Waals surface area (Å²) >= 11 is 1.55. The third-order valence-electron chi connectivity index (χ3n) is 5.46. The Morgan fingerprint density at radius 2 is 1.84 bits per heavy atom. The number of benzene rings is 2. The molecule has 5 rings (SSSR count). The van der Waals surface area contributed by atoms with Crippen LogP contribution in [-0.4, -0.2) is 28.1 Å². The van der Waals surface area contributed by atoms with E-state index in [2.05, 4.69) is 5.32 Å². The molecule has 0 bridgehead atoms. The van der Waals surface area contributed by atoms with E-state index in [1.165, 1.54) is 0 Å². The molecule has 1 saturated heterocycles. The Balaban J connectivity index is 1.47. The largest absolute Gasteiger partial charge is 0.320 e. The van der Waals surface area contributed by atoms with Crippen molar-refractivity contribution in [2.24, 2.45) is 0 Å². The van der Waals surface area contributed by atoms with E-state index in [0.29, 0.717) is 36.5 Å². The van der Waals surface area contributed by atoms with Crippen molar-refractivity contribution in [2.75, 3.05) is 16.8 Å². The van der Waals surface area contributed by atoms with Crippen LogP contribution in [0.15, 0.2) is 78.3 Å². The number of carbonyl (C=O) groups is 2. The molecule has 4 aromatic rings. The maximum Gasteiger partial charge on any atom is 0.259 e. The monoisotopic (exact) mass is 442 g/mol. The summed E-state index contributed by atoms with van der Waals surface area (Å²) in [5.41, 5.74) is 3.63. The molecule has 32 heavy (non-hydrogen) atoms. The summed E-state index contributed by atoms with van der Waals surface area (Å²) in [6.45, 7) is 1.24. The first-order valence-electron chi connectivity index (χ1n) is 10.5. The summed E-state index contributed by atoms with van der Waals surface area (Å²) in [5, 5.41) is 9.72. The van der Waals surface area contributed by atoms with Crippen molar-refractivity contribution in [3.8, 4) is 10.6 Å². The lowest BCUT2D eigenvalue weighted by molar-refractivity contribution is -0.117. The number of hydrogen-bond donors (Lipinski definition) is 1. The predicted molar refractivity (Wildman–Crippen MR) is 127 cm³/mol. The molecule has 0 radical (unpaired) electrons. The fourth-order valence-electron chi connectivity index (χ4n) is 3.94. The van der Waals surface area contributed by atoms with Crippen LogP contribution < -0.4 is 10.2 Å². The van der Waals surface area contributed by atoms with E-state index in [4.69, 9.17) is 5.10 Å². The molecule has 7 heteroatoms. The second kappa shape index (κ2) is 8.80. The van der Waals surface area contributed by atoms with Crippen LogP contribution in [0, 0.1) is 0 Å². The van der Waals surface area contributed by atoms with Crippen LogP contribution in [0.2, 0.25) is 0 Å². The minimum Gasteiger partial charge on any atom is -0.320 e. The summed E-state index contributed by atoms with van der Waals surface area (Å²) in [4.78, 5) is 28.3. The number of hydrogen-bond acceptors (Lipinski definition) is 4. The molecular formula is C25H22N4O2S. The van der Waals surface area contributed by atoms with E-state index in [1.807, 2.05) is 72.1 Å². The fraction of sp³-hybridized carbons (Fsp3) is 0.160. The summed E-state index contributed by atoms with van der Waals surface area (Å²) < 4.78 is 1.80. The van der Waals surface area contributed by atoms with Gasteiger partial charge in [0.2, 0.25) is 5.91 Å². The Morgan fingerprint density at radius 1 is 1.03 bits per heavy atom. The van der Waals surface area contributed by atoms with Gasteiger partial charge in [0.05, 0.1) is 28.4 Å². The van der Waals surface area contributed by atoms with Gasteiger partial charge in [-0.1, -0.05) is 48.5 Å². The van der Waals surface area contributed by atoms with E-state index >= 15 is 0 Å². The molecule has 2 aromatic carbocycles. The predicted octanol–water partition coefficient (Wildman–Crippen LogP) is 5.04. The Labute approximate surface area is 190 Å². The van der Waals surface area contributed by atoms with Crippen molar-refractivity contribution in [3.63, 3.8) is 0 Å². The summed E-state index contributed by atoms with van der Waals surface area (Å²) in [6.07, 6.45) is 3.16. The molecule has 1 N–H and O–H groups in total. The minimum atomic E-state index is -0.244. The topological polar surface area (TPSA) is 67.2 Å². The van der Waals surface area contributed by atoms with Gasteiger partial charge in [0.15, 0.2) is 0 Å². The third kappa shape index (κ3) is 4.07. The average molecular weight is 443 g/mol. The summed E-state index contributed by atoms with van der Waals surface area (Å²) in [6, 6.07) is 21.4. The maximum absolute atomic E-state index is 13.4. The molecule has 1 aliphatic heterocycles. The van der Waals surface area contributed by atoms with Crippen LogP contribution >= 0.6 is 11.3 Å². The van der Waals surface area contributed by atoms with E-state index in [0.717, 1.165) is 22.5 Å². The lowest BCUT2D eigenvalue weighted by Crippen LogP contribution is -2.25. The van der Waals surface area contributed by atoms with Gasteiger partial charge in [-0.15, -0.1) is 11.3 Å². The molecule has 2 amide bonds. The smallest absolute Gasteiger partial charge is 0.259 e. The SMILES string of the molecule is O=C(Nc1ccccc1N1CCCC1=O)c1cn(Cc2ccccc2)nc1-c1cccs1. The van der Waals surface area contributed by atoms with Crippen LogP contribution in [0.5, 0.6) is 0 Å². The molecule has 3 heterocycles. The van der Waals surface area contributed by atoms with Crippen molar-refractivity contribution < 1.29 is 9.59 Å². The van der Waals surface area contributed by atoms with Crippen molar-refractivity contribution in [1.29, 1.82) is 0 Å². The highest BCUT2D eigenvalue weighted by Gasteiger charge is 2.25. The Morgan fingerprint density at radius 3 is 2.59 bits per heavy atom. The first-order chi connectivity index (χ1) is 15.7. The molecular weight excluding hydrogens is 420 g/mol. The standard InChI is InChI=1S/C25H22N4O2S/c30-23-13-6-14-29(23)21-11-5-4-10-20(21)26-25(31)19-17-28(16-18-8-2-1-3-9-18)27-24(19)22-12-7-15-32-22/h1-5,7-12,15,17H,6,13-14,16H2,(H,26,31). The molecule has 0 spiro atoms. The molecule has 2 aromatic heterocycles. The Hall–Kier alpha value is -3.71. The van der Waals surface area contributed by atoms with Gasteiger partial charge in [0.1, 0.15) is 5.69 Å². The third-order valence-corrected chi connectivity index (χ3v) is 6.34. The molecule has 1 fully saturated rings. The molecule has 160 valence electrons. The number of amides is 2. The number of para-hydroxylation sites is 2. The van der Waals surface area contributed by atoms with Gasteiger partial charge in [-0.25, -0.2) is 0 Å². The van der Waals surface area contributed by atoms with Crippen molar-refractivity contribution in [2.45, 2.75) is 19.4 Å². The van der Waals surface area contributed by atoms with Crippen LogP contribution in [0.3, 0.4) is 0 Å². The van der Waals surface area contributed by atoms with Gasteiger partial charge in [-0.05, 0) is 35.6 Å². The van der Waals surface area contributed by atoms with Crippen LogP contribution in [0.1, 0.15) is 28.8 Å². The second-order valence-electron chi connectivity index (χ2n) is 7.67. The molecule has 0 saturated carbocycles. The number of nitrogens with zero attached hydrogens (tertiary/aromatic N) is 3. The van der Waals surface area contributed by atoms with E-state index < -0.39 is 0 Å². The lowest BCUT2D eigenvalue weighted by Gasteiger charge is -2.19. The zero-order chi connectivity index (χ0) is 21.9. The van der Waals surface area contributed by atoms with Crippen LogP contribution in [0.4, 0.5) is 11.4 Å². The maximum atomic E-state index is 13.4. The van der Waals surface area contributed by atoms with Crippen molar-refractivity contribution in [1.82, 2.24) is 9.78 Å². The zero-order valence-electron chi connectivity index (χ0n) is 17.4. The quantitative estimate of drug-likeness (QED) is 0.455. The van der Waals surface area contributed by atoms with Gasteiger partial charge in [-0.2, -0.15) is 5.10 Å². The number of carbonyl (C=O) groups excluding carboxylic acids is 2. The minimum absolute atomic E-state index is 0.0849. The van der Waals surface area contributed by atoms with Gasteiger partial charge in [0.25, 0.3) is 5.91 Å². The highest BCUT2D eigenvalue weighted by molar-refractivity contribution is 7.13. The zero-order valence-corrected chi connectivity index (χ0v) is 18.2. The first kappa shape index (κ1) is 20.2. The average Bonchev–Trinajstić information content (AvgIpc) is 3.56. The number of nitrogens with one attached hydrogen (secondary N) is 1. The van der Waals surface area contributed by atoms with Crippen LogP contribution in [-0.2, 0) is 11.3 Å². The number of thiophene rings is 1. The van der Waals surface area contributed by atoms with Crippen LogP contribution in [0.25, 0.3) is 10.6 Å². The van der Waals surface area contributed by atoms with Crippen molar-refractivity contribution in [3.05, 3.63) is 89.4 Å². The number of rotatable bonds is 6. The molecule has 0 atom stereocenters. The molecule has 6 nitrogen and oxygen atoms in total. The van der Waals surface area contributed by atoms with E-state index in [9.17, 15) is 9.59 Å². The van der Waals surface area contributed by atoms with E-state index in [1.54, 1.807) is 27.1 Å². The second-order valence-corrected chi connectivity index (χ2v) is 8.62. The first-order valence-corrected chi connectivity index (χ1v) is 11.4. The highest BCUT2D eigenvalue weighted by Crippen LogP contribution is 2.31. The van der Waals surface area contributed by atoms with Gasteiger partial charge in [-0.3, -0.25) is 14.3 Å².